The Morgan fingerprint density at radius 2 is 1.75 bits per heavy atom. The zero-order valence-corrected chi connectivity index (χ0v) is 13.8. The fourth-order valence-electron chi connectivity index (χ4n) is 2.17. The van der Waals surface area contributed by atoms with Crippen LogP contribution >= 0.6 is 31.9 Å². The molecule has 1 heterocycles. The molecule has 0 fully saturated rings. The summed E-state index contributed by atoms with van der Waals surface area (Å²) in [4.78, 5) is 4.18. The largest absolute Gasteiger partial charge is 0.380 e. The van der Waals surface area contributed by atoms with Gasteiger partial charge in [0.1, 0.15) is 0 Å². The number of nitrogens with one attached hydrogen (secondary N) is 1. The molecule has 0 amide bonds. The molecule has 2 nitrogen and oxygen atoms in total. The predicted octanol–water partition coefficient (Wildman–Crippen LogP) is 5.37. The number of benzene rings is 2. The van der Waals surface area contributed by atoms with E-state index < -0.39 is 0 Å². The van der Waals surface area contributed by atoms with Gasteiger partial charge in [-0.15, -0.1) is 0 Å². The van der Waals surface area contributed by atoms with Crippen LogP contribution < -0.4 is 5.32 Å². The highest BCUT2D eigenvalue weighted by atomic mass is 79.9. The maximum absolute atomic E-state index is 4.18. The molecule has 4 heteroatoms. The number of hydrogen-bond donors (Lipinski definition) is 1. The van der Waals surface area contributed by atoms with E-state index >= 15 is 0 Å². The quantitative estimate of drug-likeness (QED) is 0.648. The van der Waals surface area contributed by atoms with Gasteiger partial charge in [-0.05, 0) is 45.1 Å². The van der Waals surface area contributed by atoms with Crippen LogP contribution in [0, 0.1) is 0 Å². The topological polar surface area (TPSA) is 24.9 Å². The first-order chi connectivity index (χ1) is 9.74. The van der Waals surface area contributed by atoms with E-state index in [1.54, 1.807) is 6.20 Å². The third kappa shape index (κ3) is 2.86. The molecular weight excluding hydrogens is 380 g/mol. The number of hydrogen-bond acceptors (Lipinski definition) is 2. The molecule has 20 heavy (non-hydrogen) atoms. The summed E-state index contributed by atoms with van der Waals surface area (Å²) in [6, 6.07) is 14.6. The van der Waals surface area contributed by atoms with Gasteiger partial charge in [0, 0.05) is 39.0 Å². The third-order valence-electron chi connectivity index (χ3n) is 3.12. The molecule has 0 saturated carbocycles. The summed E-state index contributed by atoms with van der Waals surface area (Å²) in [5, 5.41) is 5.90. The number of nitrogens with zero attached hydrogens (tertiary/aromatic N) is 1. The van der Waals surface area contributed by atoms with Gasteiger partial charge < -0.3 is 5.32 Å². The van der Waals surface area contributed by atoms with Crippen LogP contribution in [0.1, 0.15) is 5.56 Å². The van der Waals surface area contributed by atoms with E-state index in [0.717, 1.165) is 26.7 Å². The van der Waals surface area contributed by atoms with Crippen LogP contribution in [0.2, 0.25) is 0 Å². The molecule has 0 aliphatic heterocycles. The van der Waals surface area contributed by atoms with Gasteiger partial charge in [-0.2, -0.15) is 0 Å². The highest BCUT2D eigenvalue weighted by molar-refractivity contribution is 9.11. The van der Waals surface area contributed by atoms with Crippen LogP contribution in [0.15, 0.2) is 63.8 Å². The molecule has 0 atom stereocenters. The monoisotopic (exact) mass is 390 g/mol. The fraction of sp³-hybridized carbons (Fsp3) is 0.0625. The molecule has 2 aromatic carbocycles. The summed E-state index contributed by atoms with van der Waals surface area (Å²) >= 11 is 7.03. The van der Waals surface area contributed by atoms with Gasteiger partial charge in [0.25, 0.3) is 0 Å². The van der Waals surface area contributed by atoms with Crippen molar-refractivity contribution in [2.24, 2.45) is 0 Å². The molecule has 1 aromatic heterocycles. The van der Waals surface area contributed by atoms with Crippen molar-refractivity contribution >= 4 is 48.3 Å². The van der Waals surface area contributed by atoms with Gasteiger partial charge in [-0.25, -0.2) is 0 Å². The summed E-state index contributed by atoms with van der Waals surface area (Å²) in [5.41, 5.74) is 2.27. The van der Waals surface area contributed by atoms with Crippen molar-refractivity contribution in [3.8, 4) is 0 Å². The molecule has 0 aliphatic carbocycles. The van der Waals surface area contributed by atoms with Gasteiger partial charge in [0.2, 0.25) is 0 Å². The second-order valence-electron chi connectivity index (χ2n) is 4.51. The molecule has 0 aliphatic rings. The van der Waals surface area contributed by atoms with Gasteiger partial charge in [0.15, 0.2) is 0 Å². The van der Waals surface area contributed by atoms with Gasteiger partial charge in [-0.1, -0.05) is 40.2 Å². The van der Waals surface area contributed by atoms with E-state index in [2.05, 4.69) is 84.6 Å². The van der Waals surface area contributed by atoms with E-state index in [4.69, 9.17) is 0 Å². The SMILES string of the molecule is Brc1cncc(CNc2ccc(Br)c3ccccc23)c1. The molecule has 0 unspecified atom stereocenters. The molecule has 0 bridgehead atoms. The normalized spacial score (nSPS) is 10.7. The highest BCUT2D eigenvalue weighted by Crippen LogP contribution is 2.30. The van der Waals surface area contributed by atoms with Crippen molar-refractivity contribution in [1.29, 1.82) is 0 Å². The summed E-state index contributed by atoms with van der Waals surface area (Å²) in [6.45, 7) is 0.748. The Hall–Kier alpha value is -1.39. The Balaban J connectivity index is 1.90. The van der Waals surface area contributed by atoms with Gasteiger partial charge in [0.05, 0.1) is 0 Å². The summed E-state index contributed by atoms with van der Waals surface area (Å²) in [6.07, 6.45) is 3.66. The molecule has 0 spiro atoms. The standard InChI is InChI=1S/C16H12Br2N2/c17-12-7-11(8-19-10-12)9-20-16-6-5-15(18)13-3-1-2-4-14(13)16/h1-8,10,20H,9H2. The Kier molecular flexibility index (Phi) is 4.03. The van der Waals surface area contributed by atoms with Crippen molar-refractivity contribution < 1.29 is 0 Å². The number of anilines is 1. The molecule has 1 N–H and O–H groups in total. The lowest BCUT2D eigenvalue weighted by molar-refractivity contribution is 1.11. The van der Waals surface area contributed by atoms with Gasteiger partial charge >= 0.3 is 0 Å². The first-order valence-electron chi connectivity index (χ1n) is 6.24. The summed E-state index contributed by atoms with van der Waals surface area (Å²) < 4.78 is 2.11. The van der Waals surface area contributed by atoms with Crippen LogP contribution in [0.4, 0.5) is 5.69 Å². The minimum absolute atomic E-state index is 0.748. The van der Waals surface area contributed by atoms with Crippen LogP contribution in [-0.2, 0) is 6.54 Å². The van der Waals surface area contributed by atoms with Crippen molar-refractivity contribution in [3.05, 3.63) is 69.4 Å². The van der Waals surface area contributed by atoms with Crippen LogP contribution in [0.5, 0.6) is 0 Å². The Labute approximate surface area is 134 Å². The molecule has 3 aromatic rings. The van der Waals surface area contributed by atoms with E-state index in [9.17, 15) is 0 Å². The average Bonchev–Trinajstić information content (AvgIpc) is 2.47. The van der Waals surface area contributed by atoms with E-state index in [-0.39, 0.29) is 0 Å². The number of rotatable bonds is 3. The van der Waals surface area contributed by atoms with Crippen LogP contribution in [-0.4, -0.2) is 4.98 Å². The number of aromatic nitrogens is 1. The van der Waals surface area contributed by atoms with Crippen molar-refractivity contribution in [2.75, 3.05) is 5.32 Å². The smallest absolute Gasteiger partial charge is 0.0423 e. The average molecular weight is 392 g/mol. The molecule has 100 valence electrons. The lowest BCUT2D eigenvalue weighted by Crippen LogP contribution is -2.00. The molecule has 3 rings (SSSR count). The zero-order chi connectivity index (χ0) is 13.9. The maximum Gasteiger partial charge on any atom is 0.0423 e. The highest BCUT2D eigenvalue weighted by Gasteiger charge is 2.04. The molecular formula is C16H12Br2N2. The predicted molar refractivity (Wildman–Crippen MR) is 90.9 cm³/mol. The second-order valence-corrected chi connectivity index (χ2v) is 6.28. The maximum atomic E-state index is 4.18. The lowest BCUT2D eigenvalue weighted by Gasteiger charge is -2.11. The Bertz CT molecular complexity index is 756. The fourth-order valence-corrected chi connectivity index (χ4v) is 3.06. The Morgan fingerprint density at radius 3 is 2.55 bits per heavy atom. The third-order valence-corrected chi connectivity index (χ3v) is 4.24. The number of fused-ring (bicyclic) bond motifs is 1. The van der Waals surface area contributed by atoms with E-state index in [1.165, 1.54) is 10.8 Å². The second kappa shape index (κ2) is 5.94. The summed E-state index contributed by atoms with van der Waals surface area (Å²) in [7, 11) is 0. The summed E-state index contributed by atoms with van der Waals surface area (Å²) in [5.74, 6) is 0. The first-order valence-corrected chi connectivity index (χ1v) is 7.83. The zero-order valence-electron chi connectivity index (χ0n) is 10.6. The van der Waals surface area contributed by atoms with Crippen molar-refractivity contribution in [2.45, 2.75) is 6.54 Å². The molecule has 0 saturated heterocycles. The van der Waals surface area contributed by atoms with E-state index in [1.807, 2.05) is 6.20 Å². The van der Waals surface area contributed by atoms with Crippen LogP contribution in [0.25, 0.3) is 10.8 Å². The lowest BCUT2D eigenvalue weighted by atomic mass is 10.1. The van der Waals surface area contributed by atoms with Crippen LogP contribution in [0.3, 0.4) is 0 Å². The minimum Gasteiger partial charge on any atom is -0.380 e. The number of halogens is 2. The number of pyridine rings is 1. The molecule has 0 radical (unpaired) electrons. The van der Waals surface area contributed by atoms with Crippen molar-refractivity contribution in [1.82, 2.24) is 4.98 Å². The van der Waals surface area contributed by atoms with E-state index in [0.29, 0.717) is 0 Å². The van der Waals surface area contributed by atoms with Crippen molar-refractivity contribution in [3.63, 3.8) is 0 Å². The first kappa shape index (κ1) is 13.6. The Morgan fingerprint density at radius 1 is 0.950 bits per heavy atom. The van der Waals surface area contributed by atoms with Gasteiger partial charge in [-0.3, -0.25) is 4.98 Å². The minimum atomic E-state index is 0.748.